The summed E-state index contributed by atoms with van der Waals surface area (Å²) in [5.41, 5.74) is 0. The molecule has 0 aromatic heterocycles. The molecule has 7 atom stereocenters. The number of carboxylic acid groups (broad SMARTS) is 1. The fourth-order valence-corrected chi connectivity index (χ4v) is 5.65. The van der Waals surface area contributed by atoms with Crippen LogP contribution in [0.3, 0.4) is 0 Å². The van der Waals surface area contributed by atoms with Gasteiger partial charge in [0.25, 0.3) is 0 Å². The van der Waals surface area contributed by atoms with Gasteiger partial charge in [-0.15, -0.1) is 0 Å². The first-order valence-corrected chi connectivity index (χ1v) is 12.6. The Morgan fingerprint density at radius 3 is 2.13 bits per heavy atom. The van der Waals surface area contributed by atoms with Gasteiger partial charge in [0.1, 0.15) is 0 Å². The van der Waals surface area contributed by atoms with Crippen molar-refractivity contribution in [3.05, 3.63) is 0 Å². The second-order valence-electron chi connectivity index (χ2n) is 11.1. The van der Waals surface area contributed by atoms with Crippen LogP contribution < -0.4 is 5.32 Å². The average Bonchev–Trinajstić information content (AvgIpc) is 3.15. The first-order chi connectivity index (χ1) is 14.1. The maximum absolute atomic E-state index is 11.3. The predicted molar refractivity (Wildman–Crippen MR) is 127 cm³/mol. The van der Waals surface area contributed by atoms with Gasteiger partial charge in [-0.2, -0.15) is 0 Å². The molecule has 1 saturated carbocycles. The quantitative estimate of drug-likeness (QED) is 0.302. The molecule has 0 saturated heterocycles. The van der Waals surface area contributed by atoms with Crippen molar-refractivity contribution in [1.82, 2.24) is 5.32 Å². The molecule has 1 aliphatic carbocycles. The second-order valence-corrected chi connectivity index (χ2v) is 11.1. The van der Waals surface area contributed by atoms with Gasteiger partial charge >= 0.3 is 5.97 Å². The molecule has 1 aliphatic rings. The highest BCUT2D eigenvalue weighted by atomic mass is 16.4. The molecule has 0 bridgehead atoms. The highest BCUT2D eigenvalue weighted by Crippen LogP contribution is 2.43. The lowest BCUT2D eigenvalue weighted by molar-refractivity contribution is -0.151. The van der Waals surface area contributed by atoms with Crippen molar-refractivity contribution in [3.63, 3.8) is 0 Å². The lowest BCUT2D eigenvalue weighted by Gasteiger charge is -2.31. The van der Waals surface area contributed by atoms with E-state index in [0.717, 1.165) is 30.6 Å². The minimum Gasteiger partial charge on any atom is -0.479 e. The Kier molecular flexibility index (Phi) is 12.5. The Bertz CT molecular complexity index is 479. The van der Waals surface area contributed by atoms with Crippen LogP contribution in [0.25, 0.3) is 0 Å². The summed E-state index contributed by atoms with van der Waals surface area (Å²) in [7, 11) is 2.05. The van der Waals surface area contributed by atoms with Crippen molar-refractivity contribution in [2.24, 2.45) is 41.4 Å². The van der Waals surface area contributed by atoms with E-state index in [1.54, 1.807) is 0 Å². The first kappa shape index (κ1) is 27.4. The molecule has 0 amide bonds. The third kappa shape index (κ3) is 9.26. The number of hydrogen-bond acceptors (Lipinski definition) is 3. The SMILES string of the molecule is CNC(C)CCC(C)CCC1CCC(C(CCC(C(C)C)C(O)C(=O)O)C(C)C)C1. The molecule has 0 aliphatic heterocycles. The molecule has 4 nitrogen and oxygen atoms in total. The van der Waals surface area contributed by atoms with Crippen LogP contribution in [0.4, 0.5) is 0 Å². The number of aliphatic carboxylic acids is 1. The Balaban J connectivity index is 2.51. The van der Waals surface area contributed by atoms with Crippen LogP contribution in [-0.2, 0) is 4.79 Å². The number of carbonyl (C=O) groups is 1. The van der Waals surface area contributed by atoms with Crippen LogP contribution in [0.5, 0.6) is 0 Å². The zero-order valence-corrected chi connectivity index (χ0v) is 20.9. The summed E-state index contributed by atoms with van der Waals surface area (Å²) >= 11 is 0. The van der Waals surface area contributed by atoms with E-state index in [-0.39, 0.29) is 11.8 Å². The number of rotatable bonds is 15. The molecule has 3 N–H and O–H groups in total. The maximum atomic E-state index is 11.3. The zero-order chi connectivity index (χ0) is 22.8. The molecule has 0 radical (unpaired) electrons. The van der Waals surface area contributed by atoms with E-state index >= 15 is 0 Å². The monoisotopic (exact) mass is 425 g/mol. The second kappa shape index (κ2) is 13.7. The lowest BCUT2D eigenvalue weighted by Crippen LogP contribution is -2.33. The number of carboxylic acids is 1. The van der Waals surface area contributed by atoms with E-state index in [9.17, 15) is 15.0 Å². The van der Waals surface area contributed by atoms with Crippen LogP contribution in [0.15, 0.2) is 0 Å². The smallest absolute Gasteiger partial charge is 0.332 e. The van der Waals surface area contributed by atoms with Crippen molar-refractivity contribution in [3.8, 4) is 0 Å². The molecule has 178 valence electrons. The molecule has 30 heavy (non-hydrogen) atoms. The molecule has 1 fully saturated rings. The largest absolute Gasteiger partial charge is 0.479 e. The van der Waals surface area contributed by atoms with Gasteiger partial charge in [-0.1, -0.05) is 53.9 Å². The standard InChI is InChI=1S/C26H51NO3/c1-17(2)23(14-15-24(18(3)4)25(28)26(29)30)22-13-12-21(16-22)11-9-19(5)8-10-20(6)27-7/h17-25,27-28H,8-16H2,1-7H3,(H,29,30). The van der Waals surface area contributed by atoms with E-state index in [2.05, 4.69) is 33.0 Å². The first-order valence-electron chi connectivity index (χ1n) is 12.6. The van der Waals surface area contributed by atoms with Gasteiger partial charge in [-0.05, 0) is 93.9 Å². The molecule has 4 heteroatoms. The summed E-state index contributed by atoms with van der Waals surface area (Å²) in [5, 5.41) is 22.7. The summed E-state index contributed by atoms with van der Waals surface area (Å²) in [5.74, 6) is 2.67. The molecular formula is C26H51NO3. The van der Waals surface area contributed by atoms with Crippen LogP contribution >= 0.6 is 0 Å². The van der Waals surface area contributed by atoms with Crippen molar-refractivity contribution in [2.75, 3.05) is 7.05 Å². The van der Waals surface area contributed by atoms with Crippen molar-refractivity contribution >= 4 is 5.97 Å². The number of aliphatic hydroxyl groups is 1. The van der Waals surface area contributed by atoms with Gasteiger partial charge in [0.15, 0.2) is 6.10 Å². The minimum atomic E-state index is -1.23. The Morgan fingerprint density at radius 1 is 0.933 bits per heavy atom. The van der Waals surface area contributed by atoms with Crippen molar-refractivity contribution in [2.45, 2.75) is 111 Å². The molecule has 7 unspecified atom stereocenters. The molecular weight excluding hydrogens is 374 g/mol. The average molecular weight is 426 g/mol. The number of aliphatic hydroxyl groups excluding tert-OH is 1. The molecule has 0 heterocycles. The van der Waals surface area contributed by atoms with Gasteiger partial charge in [0.2, 0.25) is 0 Å². The van der Waals surface area contributed by atoms with Gasteiger partial charge in [0, 0.05) is 6.04 Å². The van der Waals surface area contributed by atoms with Gasteiger partial charge in [-0.3, -0.25) is 0 Å². The van der Waals surface area contributed by atoms with Crippen LogP contribution in [0.1, 0.15) is 99.3 Å². The summed E-state index contributed by atoms with van der Waals surface area (Å²) in [6, 6.07) is 0.615. The van der Waals surface area contributed by atoms with E-state index < -0.39 is 12.1 Å². The zero-order valence-electron chi connectivity index (χ0n) is 20.9. The normalized spacial score (nSPS) is 24.7. The Hall–Kier alpha value is -0.610. The molecule has 1 rings (SSSR count). The lowest BCUT2D eigenvalue weighted by atomic mass is 9.75. The highest BCUT2D eigenvalue weighted by Gasteiger charge is 2.34. The van der Waals surface area contributed by atoms with E-state index in [4.69, 9.17) is 0 Å². The molecule has 0 aromatic rings. The summed E-state index contributed by atoms with van der Waals surface area (Å²) in [6.07, 6.45) is 9.94. The summed E-state index contributed by atoms with van der Waals surface area (Å²) < 4.78 is 0. The van der Waals surface area contributed by atoms with Crippen LogP contribution in [0.2, 0.25) is 0 Å². The highest BCUT2D eigenvalue weighted by molar-refractivity contribution is 5.72. The van der Waals surface area contributed by atoms with Gasteiger partial charge < -0.3 is 15.5 Å². The Labute approximate surface area is 186 Å². The van der Waals surface area contributed by atoms with E-state index in [1.165, 1.54) is 44.9 Å². The fraction of sp³-hybridized carbons (Fsp3) is 0.962. The predicted octanol–water partition coefficient (Wildman–Crippen LogP) is 5.98. The summed E-state index contributed by atoms with van der Waals surface area (Å²) in [6.45, 7) is 13.4. The summed E-state index contributed by atoms with van der Waals surface area (Å²) in [4.78, 5) is 11.3. The Morgan fingerprint density at radius 2 is 1.60 bits per heavy atom. The number of hydrogen-bond donors (Lipinski definition) is 3. The fourth-order valence-electron chi connectivity index (χ4n) is 5.65. The number of nitrogens with one attached hydrogen (secondary N) is 1. The maximum Gasteiger partial charge on any atom is 0.332 e. The van der Waals surface area contributed by atoms with Gasteiger partial charge in [0.05, 0.1) is 0 Å². The molecule has 0 aromatic carbocycles. The van der Waals surface area contributed by atoms with Crippen molar-refractivity contribution in [1.29, 1.82) is 0 Å². The van der Waals surface area contributed by atoms with Gasteiger partial charge in [-0.25, -0.2) is 4.79 Å². The van der Waals surface area contributed by atoms with E-state index in [0.29, 0.717) is 17.9 Å². The third-order valence-electron chi connectivity index (χ3n) is 8.04. The van der Waals surface area contributed by atoms with Crippen LogP contribution in [0, 0.1) is 41.4 Å². The van der Waals surface area contributed by atoms with E-state index in [1.807, 2.05) is 20.9 Å². The minimum absolute atomic E-state index is 0.151. The third-order valence-corrected chi connectivity index (χ3v) is 8.04. The van der Waals surface area contributed by atoms with Crippen molar-refractivity contribution < 1.29 is 15.0 Å². The topological polar surface area (TPSA) is 69.6 Å². The molecule has 0 spiro atoms. The van der Waals surface area contributed by atoms with Crippen LogP contribution in [-0.4, -0.2) is 35.4 Å².